The second kappa shape index (κ2) is 12.0. The van der Waals surface area contributed by atoms with Crippen LogP contribution in [0.2, 0.25) is 0 Å². The molecule has 0 aliphatic heterocycles. The van der Waals surface area contributed by atoms with Gasteiger partial charge >= 0.3 is 10.1 Å². The molecule has 0 radical (unpaired) electrons. The van der Waals surface area contributed by atoms with Crippen molar-refractivity contribution in [3.8, 4) is 17.2 Å². The van der Waals surface area contributed by atoms with Crippen molar-refractivity contribution in [2.75, 3.05) is 14.2 Å². The van der Waals surface area contributed by atoms with Crippen LogP contribution in [0.15, 0.2) is 46.9 Å². The molecule has 2 rings (SSSR count). The Bertz CT molecular complexity index is 1020. The Morgan fingerprint density at radius 3 is 2.25 bits per heavy atom. The van der Waals surface area contributed by atoms with Crippen molar-refractivity contribution in [1.82, 2.24) is 0 Å². The van der Waals surface area contributed by atoms with Gasteiger partial charge in [-0.05, 0) is 63.8 Å². The first kappa shape index (κ1) is 25.8. The van der Waals surface area contributed by atoms with Gasteiger partial charge in [-0.25, -0.2) is 0 Å². The molecule has 32 heavy (non-hydrogen) atoms. The minimum absolute atomic E-state index is 0.0965. The van der Waals surface area contributed by atoms with Gasteiger partial charge in [-0.2, -0.15) is 8.42 Å². The Hall–Kier alpha value is -2.47. The summed E-state index contributed by atoms with van der Waals surface area (Å²) in [5.74, 6) is 0.890. The molecule has 0 unspecified atom stereocenters. The molecule has 0 fully saturated rings. The summed E-state index contributed by atoms with van der Waals surface area (Å²) >= 11 is 0. The third-order valence-electron chi connectivity index (χ3n) is 5.53. The van der Waals surface area contributed by atoms with Crippen LogP contribution in [0.5, 0.6) is 17.2 Å². The Kier molecular flexibility index (Phi) is 9.63. The molecule has 176 valence electrons. The number of aryl methyl sites for hydroxylation is 2. The van der Waals surface area contributed by atoms with Crippen LogP contribution in [-0.2, 0) is 16.5 Å². The first-order chi connectivity index (χ1) is 15.2. The van der Waals surface area contributed by atoms with Gasteiger partial charge in [0.2, 0.25) is 5.75 Å². The van der Waals surface area contributed by atoms with Crippen LogP contribution in [0.4, 0.5) is 0 Å². The van der Waals surface area contributed by atoms with Crippen molar-refractivity contribution in [3.05, 3.63) is 58.7 Å². The van der Waals surface area contributed by atoms with Crippen molar-refractivity contribution in [2.45, 2.75) is 71.1 Å². The maximum absolute atomic E-state index is 13.1. The van der Waals surface area contributed by atoms with Crippen LogP contribution in [0.3, 0.4) is 0 Å². The second-order valence-corrected chi connectivity index (χ2v) is 9.70. The summed E-state index contributed by atoms with van der Waals surface area (Å²) in [7, 11) is -1.04. The van der Waals surface area contributed by atoms with E-state index >= 15 is 0 Å². The quantitative estimate of drug-likeness (QED) is 0.204. The summed E-state index contributed by atoms with van der Waals surface area (Å²) in [5, 5.41) is 0. The molecule has 0 aliphatic rings. The van der Waals surface area contributed by atoms with Crippen molar-refractivity contribution in [2.24, 2.45) is 0 Å². The highest BCUT2D eigenvalue weighted by atomic mass is 32.2. The van der Waals surface area contributed by atoms with E-state index < -0.39 is 10.1 Å². The number of hydrogen-bond donors (Lipinski definition) is 0. The van der Waals surface area contributed by atoms with E-state index in [0.29, 0.717) is 12.2 Å². The molecule has 0 bridgehead atoms. The highest BCUT2D eigenvalue weighted by Crippen LogP contribution is 2.43. The summed E-state index contributed by atoms with van der Waals surface area (Å²) in [5.41, 5.74) is 3.90. The molecule has 0 amide bonds. The number of ether oxygens (including phenoxy) is 2. The van der Waals surface area contributed by atoms with E-state index in [-0.39, 0.29) is 16.4 Å². The minimum atomic E-state index is -4.04. The van der Waals surface area contributed by atoms with Crippen LogP contribution in [0, 0.1) is 13.8 Å². The Morgan fingerprint density at radius 1 is 0.969 bits per heavy atom. The minimum Gasteiger partial charge on any atom is -0.493 e. The van der Waals surface area contributed by atoms with Gasteiger partial charge in [-0.1, -0.05) is 55.5 Å². The second-order valence-electron chi connectivity index (χ2n) is 8.15. The number of rotatable bonds is 12. The Balaban J connectivity index is 2.43. The first-order valence-electron chi connectivity index (χ1n) is 11.1. The van der Waals surface area contributed by atoms with E-state index in [1.54, 1.807) is 24.3 Å². The third-order valence-corrected chi connectivity index (χ3v) is 6.77. The van der Waals surface area contributed by atoms with E-state index in [1.165, 1.54) is 39.1 Å². The standard InChI is InChI=1S/C26H36O5S/c1-7-8-9-10-11-19(2)14-17-23-21(4)18-24(29-5)26(30-6)25(23)31-32(27,28)22-15-12-20(3)13-16-22/h12-16,18H,7-11,17H2,1-6H3/b19-14+. The predicted molar refractivity (Wildman–Crippen MR) is 129 cm³/mol. The molecule has 0 saturated carbocycles. The van der Waals surface area contributed by atoms with Crippen molar-refractivity contribution in [3.63, 3.8) is 0 Å². The van der Waals surface area contributed by atoms with Crippen LogP contribution in [0.1, 0.15) is 62.6 Å². The van der Waals surface area contributed by atoms with Gasteiger partial charge in [0.05, 0.1) is 14.2 Å². The topological polar surface area (TPSA) is 61.8 Å². The van der Waals surface area contributed by atoms with Crippen LogP contribution < -0.4 is 13.7 Å². The first-order valence-corrected chi connectivity index (χ1v) is 12.6. The smallest absolute Gasteiger partial charge is 0.339 e. The number of allylic oxidation sites excluding steroid dienone is 2. The molecular weight excluding hydrogens is 424 g/mol. The molecule has 0 atom stereocenters. The average Bonchev–Trinajstić information content (AvgIpc) is 2.76. The monoisotopic (exact) mass is 460 g/mol. The molecule has 2 aromatic carbocycles. The molecule has 6 heteroatoms. The third kappa shape index (κ3) is 6.76. The van der Waals surface area contributed by atoms with Crippen molar-refractivity contribution >= 4 is 10.1 Å². The molecule has 0 spiro atoms. The van der Waals surface area contributed by atoms with Gasteiger partial charge < -0.3 is 13.7 Å². The van der Waals surface area contributed by atoms with E-state index in [1.807, 2.05) is 19.9 Å². The summed E-state index contributed by atoms with van der Waals surface area (Å²) in [6.07, 6.45) is 8.56. The SMILES string of the molecule is CCCCCC/C(C)=C/Cc1c(C)cc(OC)c(OC)c1OS(=O)(=O)c1ccc(C)cc1. The number of unbranched alkanes of at least 4 members (excludes halogenated alkanes) is 3. The van der Waals surface area contributed by atoms with E-state index in [0.717, 1.165) is 29.5 Å². The molecular formula is C26H36O5S. The van der Waals surface area contributed by atoms with Crippen LogP contribution in [0.25, 0.3) is 0 Å². The zero-order chi connectivity index (χ0) is 23.7. The average molecular weight is 461 g/mol. The van der Waals surface area contributed by atoms with E-state index in [2.05, 4.69) is 19.9 Å². The lowest BCUT2D eigenvalue weighted by Gasteiger charge is -2.19. The van der Waals surface area contributed by atoms with Gasteiger partial charge in [-0.3, -0.25) is 0 Å². The number of methoxy groups -OCH3 is 2. The molecule has 2 aromatic rings. The van der Waals surface area contributed by atoms with Gasteiger partial charge in [0.25, 0.3) is 0 Å². The maximum Gasteiger partial charge on any atom is 0.339 e. The van der Waals surface area contributed by atoms with Crippen molar-refractivity contribution in [1.29, 1.82) is 0 Å². The Morgan fingerprint density at radius 2 is 1.66 bits per heavy atom. The molecule has 0 heterocycles. The summed E-state index contributed by atoms with van der Waals surface area (Å²) in [4.78, 5) is 0.0965. The number of hydrogen-bond acceptors (Lipinski definition) is 5. The fraction of sp³-hybridized carbons (Fsp3) is 0.462. The highest BCUT2D eigenvalue weighted by molar-refractivity contribution is 7.87. The lowest BCUT2D eigenvalue weighted by atomic mass is 10.00. The summed E-state index contributed by atoms with van der Waals surface area (Å²) in [6.45, 7) is 8.15. The number of benzene rings is 2. The van der Waals surface area contributed by atoms with Gasteiger partial charge in [0.15, 0.2) is 11.5 Å². The van der Waals surface area contributed by atoms with Gasteiger partial charge in [0, 0.05) is 5.56 Å². The van der Waals surface area contributed by atoms with Gasteiger partial charge in [0.1, 0.15) is 4.90 Å². The lowest BCUT2D eigenvalue weighted by molar-refractivity contribution is 0.341. The van der Waals surface area contributed by atoms with Gasteiger partial charge in [-0.15, -0.1) is 0 Å². The normalized spacial score (nSPS) is 12.0. The predicted octanol–water partition coefficient (Wildman–Crippen LogP) is 6.55. The molecule has 0 aromatic heterocycles. The Labute approximate surface area is 193 Å². The highest BCUT2D eigenvalue weighted by Gasteiger charge is 2.25. The fourth-order valence-electron chi connectivity index (χ4n) is 3.54. The van der Waals surface area contributed by atoms with E-state index in [9.17, 15) is 8.42 Å². The van der Waals surface area contributed by atoms with E-state index in [4.69, 9.17) is 13.7 Å². The molecule has 0 aliphatic carbocycles. The lowest BCUT2D eigenvalue weighted by Crippen LogP contribution is -2.13. The molecule has 0 saturated heterocycles. The zero-order valence-corrected chi connectivity index (χ0v) is 21.0. The summed E-state index contributed by atoms with van der Waals surface area (Å²) in [6, 6.07) is 8.43. The fourth-order valence-corrected chi connectivity index (χ4v) is 4.50. The molecule has 5 nitrogen and oxygen atoms in total. The van der Waals surface area contributed by atoms with Crippen molar-refractivity contribution < 1.29 is 22.1 Å². The summed E-state index contributed by atoms with van der Waals surface area (Å²) < 4.78 is 42.8. The van der Waals surface area contributed by atoms with Crippen LogP contribution in [-0.4, -0.2) is 22.6 Å². The maximum atomic E-state index is 13.1. The zero-order valence-electron chi connectivity index (χ0n) is 20.2. The largest absolute Gasteiger partial charge is 0.493 e. The van der Waals surface area contributed by atoms with Crippen LogP contribution >= 0.6 is 0 Å². The molecule has 0 N–H and O–H groups in total.